The second kappa shape index (κ2) is 15.4. The number of rotatable bonds is 5. The molecule has 0 unspecified atom stereocenters. The molecule has 3 heterocycles. The first kappa shape index (κ1) is 26.6. The molecule has 0 spiro atoms. The van der Waals surface area contributed by atoms with Crippen LogP contribution in [0.5, 0.6) is 0 Å². The van der Waals surface area contributed by atoms with Gasteiger partial charge in [-0.2, -0.15) is 0 Å². The number of nitrogens with one attached hydrogen (secondary N) is 1. The van der Waals surface area contributed by atoms with Gasteiger partial charge < -0.3 is 35.8 Å². The number of carboxylic acid groups (broad SMARTS) is 2. The minimum Gasteiger partial charge on any atom is -0.483 e. The van der Waals surface area contributed by atoms with Gasteiger partial charge in [-0.1, -0.05) is 0 Å². The maximum absolute atomic E-state index is 12.3. The SMILES string of the molecule is NC(=O)c1cccnc1N1CCN(C(=O)NCCN2CCOCC2)CC1.O=CO.O=CO. The number of amides is 3. The molecule has 3 rings (SSSR count). The van der Waals surface area contributed by atoms with Crippen molar-refractivity contribution in [1.29, 1.82) is 0 Å². The molecule has 0 aliphatic carbocycles. The molecule has 13 nitrogen and oxygen atoms in total. The van der Waals surface area contributed by atoms with Crippen LogP contribution in [-0.4, -0.2) is 115 Å². The van der Waals surface area contributed by atoms with Crippen molar-refractivity contribution in [2.24, 2.45) is 5.73 Å². The summed E-state index contributed by atoms with van der Waals surface area (Å²) in [6.07, 6.45) is 1.65. The Labute approximate surface area is 185 Å². The van der Waals surface area contributed by atoms with Crippen LogP contribution >= 0.6 is 0 Å². The molecule has 13 heteroatoms. The molecule has 0 aromatic carbocycles. The Kier molecular flexibility index (Phi) is 12.8. The second-order valence-corrected chi connectivity index (χ2v) is 6.61. The summed E-state index contributed by atoms with van der Waals surface area (Å²) >= 11 is 0. The molecule has 0 radical (unpaired) electrons. The monoisotopic (exact) mass is 454 g/mol. The van der Waals surface area contributed by atoms with Gasteiger partial charge in [-0.15, -0.1) is 0 Å². The Balaban J connectivity index is 0.000000769. The fourth-order valence-corrected chi connectivity index (χ4v) is 3.22. The van der Waals surface area contributed by atoms with Gasteiger partial charge in [0.25, 0.3) is 18.9 Å². The van der Waals surface area contributed by atoms with Crippen LogP contribution in [0.4, 0.5) is 10.6 Å². The van der Waals surface area contributed by atoms with Gasteiger partial charge in [0.15, 0.2) is 0 Å². The maximum Gasteiger partial charge on any atom is 0.317 e. The van der Waals surface area contributed by atoms with Gasteiger partial charge in [-0.05, 0) is 12.1 Å². The minimum absolute atomic E-state index is 0.0472. The lowest BCUT2D eigenvalue weighted by atomic mass is 10.2. The van der Waals surface area contributed by atoms with Gasteiger partial charge in [0.2, 0.25) is 0 Å². The quantitative estimate of drug-likeness (QED) is 0.393. The third kappa shape index (κ3) is 9.14. The fraction of sp³-hybridized carbons (Fsp3) is 0.526. The number of urea groups is 1. The number of hydrogen-bond donors (Lipinski definition) is 4. The van der Waals surface area contributed by atoms with Crippen LogP contribution in [0.2, 0.25) is 0 Å². The molecular weight excluding hydrogens is 424 g/mol. The molecule has 2 aliphatic heterocycles. The highest BCUT2D eigenvalue weighted by molar-refractivity contribution is 5.97. The number of anilines is 1. The maximum atomic E-state index is 12.3. The van der Waals surface area contributed by atoms with Gasteiger partial charge in [0.1, 0.15) is 5.82 Å². The van der Waals surface area contributed by atoms with Gasteiger partial charge in [0, 0.05) is 58.6 Å². The minimum atomic E-state index is -0.489. The first-order valence-corrected chi connectivity index (χ1v) is 9.96. The molecule has 0 atom stereocenters. The van der Waals surface area contributed by atoms with Crippen LogP contribution in [0.3, 0.4) is 0 Å². The summed E-state index contributed by atoms with van der Waals surface area (Å²) in [6, 6.07) is 3.32. The van der Waals surface area contributed by atoms with Gasteiger partial charge in [-0.25, -0.2) is 9.78 Å². The van der Waals surface area contributed by atoms with E-state index < -0.39 is 5.91 Å². The lowest BCUT2D eigenvalue weighted by Gasteiger charge is -2.36. The predicted octanol–water partition coefficient (Wildman–Crippen LogP) is -1.25. The van der Waals surface area contributed by atoms with E-state index >= 15 is 0 Å². The Morgan fingerprint density at radius 1 is 1.09 bits per heavy atom. The number of nitrogens with zero attached hydrogens (tertiary/aromatic N) is 4. The number of carbonyl (C=O) groups is 4. The molecule has 3 amide bonds. The van der Waals surface area contributed by atoms with Crippen molar-refractivity contribution in [2.45, 2.75) is 0 Å². The molecule has 1 aromatic rings. The molecule has 2 saturated heterocycles. The Morgan fingerprint density at radius 2 is 1.69 bits per heavy atom. The van der Waals surface area contributed by atoms with Crippen LogP contribution in [0, 0.1) is 0 Å². The smallest absolute Gasteiger partial charge is 0.317 e. The van der Waals surface area contributed by atoms with Crippen LogP contribution in [0.15, 0.2) is 18.3 Å². The highest BCUT2D eigenvalue weighted by Gasteiger charge is 2.24. The number of hydrogen-bond acceptors (Lipinski definition) is 8. The molecule has 5 N–H and O–H groups in total. The average Bonchev–Trinajstić information content (AvgIpc) is 2.81. The van der Waals surface area contributed by atoms with E-state index in [0.29, 0.717) is 44.1 Å². The van der Waals surface area contributed by atoms with E-state index in [-0.39, 0.29) is 19.0 Å². The van der Waals surface area contributed by atoms with E-state index in [9.17, 15) is 9.59 Å². The van der Waals surface area contributed by atoms with Crippen molar-refractivity contribution >= 4 is 30.7 Å². The molecule has 0 bridgehead atoms. The zero-order valence-corrected chi connectivity index (χ0v) is 17.8. The number of carbonyl (C=O) groups excluding carboxylic acids is 2. The van der Waals surface area contributed by atoms with Crippen molar-refractivity contribution in [1.82, 2.24) is 20.1 Å². The van der Waals surface area contributed by atoms with Crippen LogP contribution in [-0.2, 0) is 14.3 Å². The summed E-state index contributed by atoms with van der Waals surface area (Å²) < 4.78 is 5.32. The first-order valence-electron chi connectivity index (χ1n) is 9.96. The van der Waals surface area contributed by atoms with E-state index in [2.05, 4.69) is 15.2 Å². The van der Waals surface area contributed by atoms with E-state index in [1.807, 2.05) is 4.90 Å². The van der Waals surface area contributed by atoms with Crippen LogP contribution < -0.4 is 16.0 Å². The van der Waals surface area contributed by atoms with Crippen molar-refractivity contribution < 1.29 is 34.1 Å². The van der Waals surface area contributed by atoms with Crippen molar-refractivity contribution in [2.75, 3.05) is 70.5 Å². The average molecular weight is 454 g/mol. The highest BCUT2D eigenvalue weighted by Crippen LogP contribution is 2.18. The van der Waals surface area contributed by atoms with Crippen molar-refractivity contribution in [3.63, 3.8) is 0 Å². The predicted molar refractivity (Wildman–Crippen MR) is 115 cm³/mol. The summed E-state index contributed by atoms with van der Waals surface area (Å²) in [4.78, 5) is 51.0. The molecule has 2 fully saturated rings. The van der Waals surface area contributed by atoms with Crippen LogP contribution in [0.25, 0.3) is 0 Å². The summed E-state index contributed by atoms with van der Waals surface area (Å²) in [5, 5.41) is 16.8. The first-order chi connectivity index (χ1) is 15.5. The van der Waals surface area contributed by atoms with Crippen molar-refractivity contribution in [3.8, 4) is 0 Å². The summed E-state index contributed by atoms with van der Waals surface area (Å²) in [5.41, 5.74) is 5.83. The number of aromatic nitrogens is 1. The van der Waals surface area contributed by atoms with Crippen LogP contribution in [0.1, 0.15) is 10.4 Å². The standard InChI is InChI=1S/C17H26N6O3.2CH2O2/c18-15(24)14-2-1-3-19-16(14)22-6-8-23(9-7-22)17(25)20-4-5-21-10-12-26-13-11-21;2*2-1-3/h1-3H,4-13H2,(H2,18,24)(H,20,25);2*1H,(H,2,3). The number of pyridine rings is 1. The van der Waals surface area contributed by atoms with E-state index in [1.54, 1.807) is 23.2 Å². The number of ether oxygens (including phenoxy) is 1. The molecule has 1 aromatic heterocycles. The second-order valence-electron chi connectivity index (χ2n) is 6.61. The summed E-state index contributed by atoms with van der Waals surface area (Å²) in [6.45, 7) is 6.73. The van der Waals surface area contributed by atoms with Gasteiger partial charge >= 0.3 is 6.03 Å². The summed E-state index contributed by atoms with van der Waals surface area (Å²) in [7, 11) is 0. The largest absolute Gasteiger partial charge is 0.483 e. The number of morpholine rings is 1. The fourth-order valence-electron chi connectivity index (χ4n) is 3.22. The zero-order valence-electron chi connectivity index (χ0n) is 17.8. The molecule has 0 saturated carbocycles. The van der Waals surface area contributed by atoms with Gasteiger partial charge in [-0.3, -0.25) is 19.3 Å². The Morgan fingerprint density at radius 3 is 2.25 bits per heavy atom. The van der Waals surface area contributed by atoms with E-state index in [4.69, 9.17) is 30.3 Å². The highest BCUT2D eigenvalue weighted by atomic mass is 16.5. The number of piperazine rings is 1. The summed E-state index contributed by atoms with van der Waals surface area (Å²) in [5.74, 6) is 0.101. The lowest BCUT2D eigenvalue weighted by Crippen LogP contribution is -2.53. The molecule has 32 heavy (non-hydrogen) atoms. The van der Waals surface area contributed by atoms with Crippen molar-refractivity contribution in [3.05, 3.63) is 23.9 Å². The normalized spacial score (nSPS) is 15.9. The lowest BCUT2D eigenvalue weighted by molar-refractivity contribution is -0.123. The third-order valence-electron chi connectivity index (χ3n) is 4.73. The third-order valence-corrected chi connectivity index (χ3v) is 4.73. The van der Waals surface area contributed by atoms with E-state index in [1.165, 1.54) is 0 Å². The Hall–Kier alpha value is -3.45. The topological polar surface area (TPSA) is 179 Å². The number of nitrogens with two attached hydrogens (primary N) is 1. The zero-order chi connectivity index (χ0) is 23.8. The molecule has 178 valence electrons. The molecular formula is C19H30N6O7. The Bertz CT molecular complexity index is 716. The van der Waals surface area contributed by atoms with Gasteiger partial charge in [0.05, 0.1) is 18.8 Å². The number of primary amides is 1. The molecule has 2 aliphatic rings. The van der Waals surface area contributed by atoms with E-state index in [0.717, 1.165) is 32.8 Å².